The van der Waals surface area contributed by atoms with Crippen LogP contribution in [0.15, 0.2) is 36.7 Å². The number of hydrogen-bond acceptors (Lipinski definition) is 8. The van der Waals surface area contributed by atoms with E-state index in [1.807, 2.05) is 6.07 Å². The van der Waals surface area contributed by atoms with Gasteiger partial charge in [0.25, 0.3) is 5.91 Å². The molecule has 2 aliphatic rings. The number of amides is 2. The van der Waals surface area contributed by atoms with Gasteiger partial charge in [0.2, 0.25) is 11.9 Å². The Bertz CT molecular complexity index is 1610. The Morgan fingerprint density at radius 3 is 2.67 bits per heavy atom. The molecule has 3 N–H and O–H groups in total. The van der Waals surface area contributed by atoms with Crippen molar-refractivity contribution in [2.45, 2.75) is 32.4 Å². The van der Waals surface area contributed by atoms with Crippen molar-refractivity contribution in [2.75, 3.05) is 41.8 Å². The van der Waals surface area contributed by atoms with Crippen LogP contribution in [0.3, 0.4) is 0 Å². The summed E-state index contributed by atoms with van der Waals surface area (Å²) in [7, 11) is 1.71. The topological polar surface area (TPSA) is 126 Å². The smallest absolute Gasteiger partial charge is 0.257 e. The molecule has 0 radical (unpaired) electrons. The number of rotatable bonds is 5. The first-order valence-corrected chi connectivity index (χ1v) is 13.4. The molecule has 2 saturated heterocycles. The van der Waals surface area contributed by atoms with Gasteiger partial charge >= 0.3 is 0 Å². The summed E-state index contributed by atoms with van der Waals surface area (Å²) in [5.74, 6) is -1.36. The summed E-state index contributed by atoms with van der Waals surface area (Å²) in [6, 6.07) is 7.07. The van der Waals surface area contributed by atoms with E-state index in [4.69, 9.17) is 4.74 Å². The van der Waals surface area contributed by atoms with Gasteiger partial charge in [-0.25, -0.2) is 14.4 Å². The van der Waals surface area contributed by atoms with Gasteiger partial charge in [-0.1, -0.05) is 0 Å². The van der Waals surface area contributed by atoms with Crippen molar-refractivity contribution in [3.8, 4) is 0 Å². The molecule has 0 spiro atoms. The van der Waals surface area contributed by atoms with Crippen LogP contribution in [0.5, 0.6) is 0 Å². The zero-order valence-electron chi connectivity index (χ0n) is 22.6. The van der Waals surface area contributed by atoms with E-state index in [9.17, 15) is 14.0 Å². The van der Waals surface area contributed by atoms with Gasteiger partial charge in [-0.05, 0) is 44.5 Å². The Morgan fingerprint density at radius 2 is 1.93 bits per heavy atom. The Balaban J connectivity index is 1.38. The van der Waals surface area contributed by atoms with Crippen LogP contribution in [0.25, 0.3) is 21.8 Å². The van der Waals surface area contributed by atoms with E-state index in [1.165, 1.54) is 10.7 Å². The number of halogens is 1. The highest BCUT2D eigenvalue weighted by atomic mass is 19.1. The van der Waals surface area contributed by atoms with Gasteiger partial charge in [-0.2, -0.15) is 5.10 Å². The number of carbonyl (C=O) groups is 2. The fourth-order valence-corrected chi connectivity index (χ4v) is 5.58. The SMILES string of the molecule is C[C@@H]1CN(c2ccc(C(=O)Nc3cc(F)c4nn(C)cc4c3)c3nc(NC(=O)[C@@H]4CCOC4)ncc23)C[C@H](C)N1. The van der Waals surface area contributed by atoms with Crippen molar-refractivity contribution < 1.29 is 18.7 Å². The highest BCUT2D eigenvalue weighted by molar-refractivity contribution is 6.14. The molecular formula is C28H31FN8O3. The summed E-state index contributed by atoms with van der Waals surface area (Å²) in [6.45, 7) is 6.69. The van der Waals surface area contributed by atoms with Crippen molar-refractivity contribution >= 4 is 50.9 Å². The molecule has 2 fully saturated rings. The minimum Gasteiger partial charge on any atom is -0.381 e. The van der Waals surface area contributed by atoms with E-state index >= 15 is 0 Å². The van der Waals surface area contributed by atoms with E-state index in [0.29, 0.717) is 41.6 Å². The number of piperazine rings is 1. The average Bonchev–Trinajstić information content (AvgIpc) is 3.57. The number of hydrogen-bond donors (Lipinski definition) is 3. The molecule has 0 unspecified atom stereocenters. The largest absolute Gasteiger partial charge is 0.381 e. The summed E-state index contributed by atoms with van der Waals surface area (Å²) >= 11 is 0. The van der Waals surface area contributed by atoms with E-state index < -0.39 is 11.7 Å². The molecule has 0 bridgehead atoms. The Morgan fingerprint density at radius 1 is 1.12 bits per heavy atom. The van der Waals surface area contributed by atoms with E-state index in [-0.39, 0.29) is 40.9 Å². The first-order chi connectivity index (χ1) is 19.2. The molecule has 3 atom stereocenters. The van der Waals surface area contributed by atoms with Crippen LogP contribution in [0.4, 0.5) is 21.7 Å². The molecule has 208 valence electrons. The number of nitrogens with one attached hydrogen (secondary N) is 3. The first kappa shape index (κ1) is 26.1. The number of carbonyl (C=O) groups excluding carboxylic acids is 2. The molecule has 12 heteroatoms. The molecule has 2 aliphatic heterocycles. The summed E-state index contributed by atoms with van der Waals surface area (Å²) in [5, 5.41) is 14.5. The molecule has 40 heavy (non-hydrogen) atoms. The van der Waals surface area contributed by atoms with Crippen molar-refractivity contribution in [1.82, 2.24) is 25.1 Å². The lowest BCUT2D eigenvalue weighted by Gasteiger charge is -2.38. The third-order valence-electron chi connectivity index (χ3n) is 7.34. The molecule has 6 rings (SSSR count). The van der Waals surface area contributed by atoms with Gasteiger partial charge < -0.3 is 20.3 Å². The summed E-state index contributed by atoms with van der Waals surface area (Å²) in [5.41, 5.74) is 2.11. The van der Waals surface area contributed by atoms with Gasteiger partial charge in [-0.15, -0.1) is 0 Å². The van der Waals surface area contributed by atoms with Gasteiger partial charge in [0.1, 0.15) is 5.52 Å². The van der Waals surface area contributed by atoms with Gasteiger partial charge in [0, 0.05) is 73.4 Å². The number of fused-ring (bicyclic) bond motifs is 2. The van der Waals surface area contributed by atoms with Crippen LogP contribution < -0.4 is 20.9 Å². The van der Waals surface area contributed by atoms with Crippen molar-refractivity contribution in [3.05, 3.63) is 48.0 Å². The van der Waals surface area contributed by atoms with Crippen molar-refractivity contribution in [3.63, 3.8) is 0 Å². The third-order valence-corrected chi connectivity index (χ3v) is 7.34. The first-order valence-electron chi connectivity index (χ1n) is 13.4. The predicted octanol–water partition coefficient (Wildman–Crippen LogP) is 3.07. The predicted molar refractivity (Wildman–Crippen MR) is 150 cm³/mol. The molecule has 0 aliphatic carbocycles. The minimum absolute atomic E-state index is 0.112. The molecular weight excluding hydrogens is 515 g/mol. The fourth-order valence-electron chi connectivity index (χ4n) is 5.58. The zero-order valence-corrected chi connectivity index (χ0v) is 22.6. The second-order valence-corrected chi connectivity index (χ2v) is 10.7. The molecule has 11 nitrogen and oxygen atoms in total. The molecule has 4 aromatic rings. The lowest BCUT2D eigenvalue weighted by Crippen LogP contribution is -2.54. The van der Waals surface area contributed by atoms with Crippen LogP contribution in [0.1, 0.15) is 30.6 Å². The highest BCUT2D eigenvalue weighted by Crippen LogP contribution is 2.31. The number of benzene rings is 2. The van der Waals surface area contributed by atoms with Crippen LogP contribution in [0.2, 0.25) is 0 Å². The Labute approximate surface area is 230 Å². The average molecular weight is 547 g/mol. The van der Waals surface area contributed by atoms with Crippen LogP contribution in [0, 0.1) is 11.7 Å². The number of ether oxygens (including phenoxy) is 1. The number of anilines is 3. The fraction of sp³-hybridized carbons (Fsp3) is 0.393. The second-order valence-electron chi connectivity index (χ2n) is 10.7. The summed E-state index contributed by atoms with van der Waals surface area (Å²) in [6.07, 6.45) is 3.97. The molecule has 2 amide bonds. The van der Waals surface area contributed by atoms with Crippen LogP contribution in [-0.2, 0) is 16.6 Å². The van der Waals surface area contributed by atoms with E-state index in [1.54, 1.807) is 31.6 Å². The number of aromatic nitrogens is 4. The number of aryl methyl sites for hydroxylation is 1. The standard InChI is InChI=1S/C28H31FN8O3/c1-15-11-37(12-16(2)31-15)23-5-4-20(27(39)32-19-8-18-13-36(3)35-24(18)22(29)9-19)25-21(23)10-30-28(33-25)34-26(38)17-6-7-40-14-17/h4-5,8-10,13,15-17,31H,6-7,11-12,14H2,1-3H3,(H,32,39)(H,30,33,34,38)/t15-,16+,17-/m1/s1. The lowest BCUT2D eigenvalue weighted by atomic mass is 10.0. The van der Waals surface area contributed by atoms with Crippen molar-refractivity contribution in [2.24, 2.45) is 13.0 Å². The molecule has 2 aromatic carbocycles. The third kappa shape index (κ3) is 5.07. The highest BCUT2D eigenvalue weighted by Gasteiger charge is 2.27. The molecule has 4 heterocycles. The second kappa shape index (κ2) is 10.4. The quantitative estimate of drug-likeness (QED) is 0.349. The Hall–Kier alpha value is -4.16. The Kier molecular flexibility index (Phi) is 6.80. The summed E-state index contributed by atoms with van der Waals surface area (Å²) < 4.78 is 21.5. The van der Waals surface area contributed by atoms with Crippen LogP contribution in [-0.4, -0.2) is 69.9 Å². The normalized spacial score (nSPS) is 21.2. The summed E-state index contributed by atoms with van der Waals surface area (Å²) in [4.78, 5) is 37.6. The van der Waals surface area contributed by atoms with Gasteiger partial charge in [0.15, 0.2) is 5.82 Å². The van der Waals surface area contributed by atoms with Gasteiger partial charge in [-0.3, -0.25) is 19.6 Å². The number of nitrogens with zero attached hydrogens (tertiary/aromatic N) is 5. The van der Waals surface area contributed by atoms with Gasteiger partial charge in [0.05, 0.1) is 23.6 Å². The van der Waals surface area contributed by atoms with E-state index in [0.717, 1.165) is 18.8 Å². The minimum atomic E-state index is -0.529. The lowest BCUT2D eigenvalue weighted by molar-refractivity contribution is -0.119. The van der Waals surface area contributed by atoms with E-state index in [2.05, 4.69) is 49.8 Å². The maximum Gasteiger partial charge on any atom is 0.257 e. The maximum atomic E-state index is 14.7. The monoisotopic (exact) mass is 546 g/mol. The zero-order chi connectivity index (χ0) is 28.0. The molecule has 2 aromatic heterocycles. The van der Waals surface area contributed by atoms with Crippen LogP contribution >= 0.6 is 0 Å². The molecule has 0 saturated carbocycles. The van der Waals surface area contributed by atoms with Crippen molar-refractivity contribution in [1.29, 1.82) is 0 Å². The maximum absolute atomic E-state index is 14.7.